The number of esters is 1. The minimum Gasteiger partial charge on any atom is -0.454 e. The smallest absolute Gasteiger partial charge is 0.306 e. The average Bonchev–Trinajstić information content (AvgIpc) is 3.32. The fraction of sp³-hybridized carbons (Fsp3) is 0.679. The van der Waals surface area contributed by atoms with E-state index in [4.69, 9.17) is 14.2 Å². The standard InChI is InChI=1S/C56H93NO10/c1-4-7-10-13-16-19-22-24-26-28-31-34-37-40-43-49(60)55(64)57-47(48(59)42-39-36-33-30-27-21-18-15-12-9-6-3)46-65-56-54(53(63)52(62)50(45-58)66-56)67-51(61)44-41-38-35-32-29-25-23-20-17-14-11-8-5-2/h8,11,14,16-17,19-20,22-25,29,32,35,39,42,47-50,52-54,56,58-60,62-63H,4-7,9-10,12-13,15,18,21,26-28,30-31,33-34,36-38,40-41,43-46H2,1-3H3,(H,57,64)/b11-8+,17-14+,19-16+,23-20-,24-22+,29-25-,35-32+,42-39+. The van der Waals surface area contributed by atoms with Crippen molar-refractivity contribution < 1.29 is 49.3 Å². The van der Waals surface area contributed by atoms with E-state index in [9.17, 15) is 35.1 Å². The summed E-state index contributed by atoms with van der Waals surface area (Å²) in [5, 5.41) is 56.5. The van der Waals surface area contributed by atoms with Gasteiger partial charge in [-0.1, -0.05) is 208 Å². The third-order valence-electron chi connectivity index (χ3n) is 11.6. The maximum absolute atomic E-state index is 13.3. The normalized spacial score (nSPS) is 20.9. The summed E-state index contributed by atoms with van der Waals surface area (Å²) in [7, 11) is 0. The van der Waals surface area contributed by atoms with Gasteiger partial charge in [0.05, 0.1) is 25.4 Å². The van der Waals surface area contributed by atoms with E-state index in [1.54, 1.807) is 6.08 Å². The molecule has 0 spiro atoms. The number of ether oxygens (including phenoxy) is 3. The molecule has 1 aliphatic rings. The molecule has 0 aromatic carbocycles. The lowest BCUT2D eigenvalue weighted by Crippen LogP contribution is -2.61. The van der Waals surface area contributed by atoms with Gasteiger partial charge in [0, 0.05) is 6.42 Å². The molecule has 1 aliphatic heterocycles. The van der Waals surface area contributed by atoms with Crippen LogP contribution in [0.3, 0.4) is 0 Å². The summed E-state index contributed by atoms with van der Waals surface area (Å²) >= 11 is 0. The van der Waals surface area contributed by atoms with E-state index in [0.717, 1.165) is 70.6 Å². The lowest BCUT2D eigenvalue weighted by Gasteiger charge is -2.41. The maximum Gasteiger partial charge on any atom is 0.306 e. The largest absolute Gasteiger partial charge is 0.454 e. The van der Waals surface area contributed by atoms with Crippen LogP contribution in [0.15, 0.2) is 97.2 Å². The number of unbranched alkanes of at least 4 members (excludes halogenated alkanes) is 18. The Kier molecular flexibility index (Phi) is 40.3. The summed E-state index contributed by atoms with van der Waals surface area (Å²) < 4.78 is 17.4. The minimum absolute atomic E-state index is 0.0208. The quantitative estimate of drug-likeness (QED) is 0.0150. The second kappa shape index (κ2) is 43.8. The lowest BCUT2D eigenvalue weighted by atomic mass is 9.99. The zero-order chi connectivity index (χ0) is 49.0. The van der Waals surface area contributed by atoms with Crippen molar-refractivity contribution in [3.63, 3.8) is 0 Å². The van der Waals surface area contributed by atoms with Gasteiger partial charge in [0.1, 0.15) is 24.4 Å². The van der Waals surface area contributed by atoms with Crippen molar-refractivity contribution in [3.8, 4) is 0 Å². The van der Waals surface area contributed by atoms with Crippen molar-refractivity contribution in [2.45, 2.75) is 230 Å². The van der Waals surface area contributed by atoms with Crippen LogP contribution >= 0.6 is 0 Å². The van der Waals surface area contributed by atoms with Crippen molar-refractivity contribution in [1.29, 1.82) is 0 Å². The van der Waals surface area contributed by atoms with Crippen molar-refractivity contribution >= 4 is 11.9 Å². The molecule has 1 heterocycles. The Morgan fingerprint density at radius 1 is 0.597 bits per heavy atom. The minimum atomic E-state index is -1.65. The van der Waals surface area contributed by atoms with E-state index in [1.165, 1.54) is 57.8 Å². The topological polar surface area (TPSA) is 175 Å². The Morgan fingerprint density at radius 2 is 1.07 bits per heavy atom. The van der Waals surface area contributed by atoms with Crippen LogP contribution in [-0.4, -0.2) is 99.6 Å². The molecule has 0 aromatic heterocycles. The van der Waals surface area contributed by atoms with Crippen molar-refractivity contribution in [2.24, 2.45) is 0 Å². The molecule has 382 valence electrons. The molecule has 8 unspecified atom stereocenters. The van der Waals surface area contributed by atoms with Gasteiger partial charge in [-0.3, -0.25) is 9.59 Å². The molecule has 1 saturated heterocycles. The molecule has 1 fully saturated rings. The van der Waals surface area contributed by atoms with E-state index < -0.39 is 67.4 Å². The van der Waals surface area contributed by atoms with Crippen molar-refractivity contribution in [2.75, 3.05) is 13.2 Å². The zero-order valence-corrected chi connectivity index (χ0v) is 41.7. The van der Waals surface area contributed by atoms with Crippen molar-refractivity contribution in [3.05, 3.63) is 97.2 Å². The number of nitrogens with one attached hydrogen (secondary N) is 1. The summed E-state index contributed by atoms with van der Waals surface area (Å²) in [6.45, 7) is 5.51. The van der Waals surface area contributed by atoms with Crippen LogP contribution in [0.4, 0.5) is 0 Å². The molecule has 67 heavy (non-hydrogen) atoms. The van der Waals surface area contributed by atoms with E-state index >= 15 is 0 Å². The summed E-state index contributed by atoms with van der Waals surface area (Å²) in [6, 6.07) is -1.05. The molecule has 11 nitrogen and oxygen atoms in total. The number of hydrogen-bond donors (Lipinski definition) is 6. The van der Waals surface area contributed by atoms with Gasteiger partial charge in [-0.05, 0) is 64.2 Å². The molecule has 0 radical (unpaired) electrons. The van der Waals surface area contributed by atoms with Gasteiger partial charge in [-0.25, -0.2) is 0 Å². The summed E-state index contributed by atoms with van der Waals surface area (Å²) in [6.07, 6.45) is 46.1. The molecule has 0 bridgehead atoms. The fourth-order valence-electron chi connectivity index (χ4n) is 7.43. The Hall–Kier alpha value is -3.42. The monoisotopic (exact) mass is 940 g/mol. The van der Waals surface area contributed by atoms with Crippen LogP contribution in [0.5, 0.6) is 0 Å². The van der Waals surface area contributed by atoms with Crippen LogP contribution in [0, 0.1) is 0 Å². The molecule has 11 heteroatoms. The SMILES string of the molecule is CC/C=C/C=C/C=C\C=C/C=C/CCCC(=O)OC1C(OCC(NC(=O)C(O)CCCCCCC/C=C/C=C/CCCCC)C(O)/C=C/CCCCCCCCCCC)OC(CO)C(O)C1O. The average molecular weight is 940 g/mol. The highest BCUT2D eigenvalue weighted by Crippen LogP contribution is 2.26. The first-order valence-electron chi connectivity index (χ1n) is 26.1. The molecule has 1 amide bonds. The Balaban J connectivity index is 2.84. The third kappa shape index (κ3) is 32.9. The van der Waals surface area contributed by atoms with Gasteiger partial charge in [-0.15, -0.1) is 0 Å². The second-order valence-corrected chi connectivity index (χ2v) is 17.7. The number of carbonyl (C=O) groups is 2. The predicted molar refractivity (Wildman–Crippen MR) is 273 cm³/mol. The Morgan fingerprint density at radius 3 is 1.66 bits per heavy atom. The molecule has 0 aromatic rings. The van der Waals surface area contributed by atoms with E-state index in [1.807, 2.05) is 60.8 Å². The van der Waals surface area contributed by atoms with Gasteiger partial charge in [0.15, 0.2) is 12.4 Å². The maximum atomic E-state index is 13.3. The van der Waals surface area contributed by atoms with Crippen LogP contribution in [-0.2, 0) is 23.8 Å². The van der Waals surface area contributed by atoms with Crippen molar-refractivity contribution in [1.82, 2.24) is 5.32 Å². The summed E-state index contributed by atoms with van der Waals surface area (Å²) in [4.78, 5) is 26.3. The number of hydrogen-bond acceptors (Lipinski definition) is 10. The molecule has 0 aliphatic carbocycles. The Bertz CT molecular complexity index is 1450. The fourth-order valence-corrected chi connectivity index (χ4v) is 7.43. The van der Waals surface area contributed by atoms with Gasteiger partial charge >= 0.3 is 5.97 Å². The lowest BCUT2D eigenvalue weighted by molar-refractivity contribution is -0.305. The number of rotatable bonds is 41. The van der Waals surface area contributed by atoms with Crippen LogP contribution in [0.2, 0.25) is 0 Å². The first-order chi connectivity index (χ1) is 32.7. The molecule has 6 N–H and O–H groups in total. The number of carbonyl (C=O) groups excluding carboxylic acids is 2. The second-order valence-electron chi connectivity index (χ2n) is 17.7. The van der Waals surface area contributed by atoms with E-state index in [0.29, 0.717) is 19.3 Å². The van der Waals surface area contributed by atoms with E-state index in [-0.39, 0.29) is 19.4 Å². The summed E-state index contributed by atoms with van der Waals surface area (Å²) in [5.74, 6) is -1.30. The molecular weight excluding hydrogens is 847 g/mol. The first-order valence-corrected chi connectivity index (χ1v) is 26.1. The molecule has 0 saturated carbocycles. The zero-order valence-electron chi connectivity index (χ0n) is 41.7. The van der Waals surface area contributed by atoms with Crippen LogP contribution in [0.25, 0.3) is 0 Å². The van der Waals surface area contributed by atoms with Gasteiger partial charge in [0.25, 0.3) is 0 Å². The number of amides is 1. The Labute approximate surface area is 405 Å². The van der Waals surface area contributed by atoms with Gasteiger partial charge in [-0.2, -0.15) is 0 Å². The molecule has 1 rings (SSSR count). The first kappa shape index (κ1) is 61.6. The van der Waals surface area contributed by atoms with E-state index in [2.05, 4.69) is 56.5 Å². The highest BCUT2D eigenvalue weighted by atomic mass is 16.7. The van der Waals surface area contributed by atoms with Gasteiger partial charge in [0.2, 0.25) is 5.91 Å². The molecular formula is C56H93NO10. The highest BCUT2D eigenvalue weighted by Gasteiger charge is 2.47. The summed E-state index contributed by atoms with van der Waals surface area (Å²) in [5.41, 5.74) is 0. The highest BCUT2D eigenvalue weighted by molar-refractivity contribution is 5.80. The molecule has 8 atom stereocenters. The number of allylic oxidation sites excluding steroid dienone is 15. The van der Waals surface area contributed by atoms with Crippen LogP contribution in [0.1, 0.15) is 181 Å². The van der Waals surface area contributed by atoms with Crippen LogP contribution < -0.4 is 5.32 Å². The predicted octanol–water partition coefficient (Wildman–Crippen LogP) is 10.8. The number of aliphatic hydroxyl groups excluding tert-OH is 5. The number of aliphatic hydroxyl groups is 5. The van der Waals surface area contributed by atoms with Gasteiger partial charge < -0.3 is 45.1 Å². The third-order valence-corrected chi connectivity index (χ3v) is 11.6.